The minimum absolute atomic E-state index is 0.0269. The average molecular weight is 695 g/mol. The number of hydrogen-bond acceptors (Lipinski definition) is 10. The van der Waals surface area contributed by atoms with Crippen LogP contribution in [0.3, 0.4) is 0 Å². The van der Waals surface area contributed by atoms with Gasteiger partial charge in [0.25, 0.3) is 5.91 Å². The van der Waals surface area contributed by atoms with Gasteiger partial charge >= 0.3 is 11.9 Å². The number of phenolic OH excluding ortho intramolecular Hbond substituents is 1. The van der Waals surface area contributed by atoms with Gasteiger partial charge in [0.1, 0.15) is 17.6 Å². The molecule has 0 bridgehead atoms. The topological polar surface area (TPSA) is 213 Å². The van der Waals surface area contributed by atoms with E-state index in [0.29, 0.717) is 38.4 Å². The Morgan fingerprint density at radius 1 is 0.731 bits per heavy atom. The van der Waals surface area contributed by atoms with Crippen molar-refractivity contribution >= 4 is 46.5 Å². The third-order valence-electron chi connectivity index (χ3n) is 8.63. The van der Waals surface area contributed by atoms with Crippen molar-refractivity contribution in [2.75, 3.05) is 5.32 Å². The molecule has 1 heterocycles. The lowest BCUT2D eigenvalue weighted by molar-refractivity contribution is 0.0686. The quantitative estimate of drug-likeness (QED) is 0.108. The van der Waals surface area contributed by atoms with Gasteiger partial charge in [-0.25, -0.2) is 9.59 Å². The number of aromatic nitrogens is 2. The molecule has 1 unspecified atom stereocenters. The fraction of sp³-hybridized carbons (Fsp3) is 0.0513. The first-order valence-corrected chi connectivity index (χ1v) is 15.7. The van der Waals surface area contributed by atoms with E-state index >= 15 is 0 Å². The van der Waals surface area contributed by atoms with Gasteiger partial charge in [0.2, 0.25) is 11.8 Å². The van der Waals surface area contributed by atoms with E-state index in [9.17, 15) is 39.7 Å². The summed E-state index contributed by atoms with van der Waals surface area (Å²) in [5.74, 6) is -2.72. The highest BCUT2D eigenvalue weighted by Gasteiger charge is 2.22. The smallest absolute Gasteiger partial charge is 0.335 e. The van der Waals surface area contributed by atoms with Gasteiger partial charge in [-0.2, -0.15) is 0 Å². The van der Waals surface area contributed by atoms with Crippen LogP contribution in [0.5, 0.6) is 5.75 Å². The van der Waals surface area contributed by atoms with Crippen LogP contribution in [-0.2, 0) is 0 Å². The van der Waals surface area contributed by atoms with Crippen LogP contribution in [0.25, 0.3) is 45.8 Å². The molecule has 0 radical (unpaired) electrons. The standard InChI is InChI=1S/C39H26N4O9/c44-32-14-11-20-1-7-25(38(47)48)15-27(20)17-30(32)34(43-51)21-2-4-22(5-3-21)36-41-42-37(52-36)23-9-12-29(13-10-23)40-35(46)31-18-28-16-26(39(49)50)8-6-24(28)19-33(31)45/h1-13,15-19,34,44-45H,14H2,(H,40,46)(H,47,48)(H,49,50). The van der Waals surface area contributed by atoms with Crippen molar-refractivity contribution in [3.05, 3.63) is 146 Å². The van der Waals surface area contributed by atoms with E-state index in [4.69, 9.17) is 4.42 Å². The van der Waals surface area contributed by atoms with E-state index in [1.54, 1.807) is 72.8 Å². The molecule has 13 heteroatoms. The van der Waals surface area contributed by atoms with Crippen LogP contribution in [0.1, 0.15) is 49.1 Å². The number of carbonyl (C=O) groups is 3. The number of carbonyl (C=O) groups excluding carboxylic acids is 1. The second-order valence-electron chi connectivity index (χ2n) is 11.9. The number of aromatic hydroxyl groups is 1. The number of aliphatic hydroxyl groups excluding tert-OH is 1. The summed E-state index contributed by atoms with van der Waals surface area (Å²) < 4.78 is 5.90. The number of aliphatic hydroxyl groups is 1. The Labute approximate surface area is 293 Å². The Morgan fingerprint density at radius 3 is 2.02 bits per heavy atom. The molecule has 1 atom stereocenters. The maximum atomic E-state index is 13.0. The van der Waals surface area contributed by atoms with E-state index < -0.39 is 23.9 Å². The maximum absolute atomic E-state index is 13.0. The number of amides is 1. The summed E-state index contributed by atoms with van der Waals surface area (Å²) >= 11 is 0. The predicted molar refractivity (Wildman–Crippen MR) is 190 cm³/mol. The zero-order valence-electron chi connectivity index (χ0n) is 26.8. The number of benzene rings is 5. The van der Waals surface area contributed by atoms with E-state index in [1.807, 2.05) is 0 Å². The molecule has 5 aromatic carbocycles. The first-order valence-electron chi connectivity index (χ1n) is 15.7. The van der Waals surface area contributed by atoms with Crippen molar-refractivity contribution < 1.29 is 39.2 Å². The number of anilines is 1. The van der Waals surface area contributed by atoms with Crippen LogP contribution in [0.2, 0.25) is 0 Å². The SMILES string of the molecule is O=NC(C1=C(O)CC=c2ccc(C(=O)O)cc2=C1)c1ccc(-c2nnc(-c3ccc(NC(=O)c4cc5cc(C(=O)O)ccc5cc4O)cc3)o2)cc1. The van der Waals surface area contributed by atoms with Crippen LogP contribution < -0.4 is 15.8 Å². The molecule has 1 aromatic heterocycles. The summed E-state index contributed by atoms with van der Waals surface area (Å²) in [6, 6.07) is 24.0. The Balaban J connectivity index is 1.06. The van der Waals surface area contributed by atoms with Crippen molar-refractivity contribution in [2.24, 2.45) is 5.18 Å². The van der Waals surface area contributed by atoms with E-state index in [2.05, 4.69) is 20.7 Å². The number of aromatic carboxylic acids is 2. The van der Waals surface area contributed by atoms with Gasteiger partial charge in [0.15, 0.2) is 0 Å². The highest BCUT2D eigenvalue weighted by molar-refractivity contribution is 6.09. The third-order valence-corrected chi connectivity index (χ3v) is 8.63. The molecule has 256 valence electrons. The zero-order chi connectivity index (χ0) is 36.5. The number of carboxylic acid groups (broad SMARTS) is 2. The summed E-state index contributed by atoms with van der Waals surface area (Å²) in [4.78, 5) is 48.0. The summed E-state index contributed by atoms with van der Waals surface area (Å²) in [6.45, 7) is 0. The summed E-state index contributed by atoms with van der Waals surface area (Å²) in [5.41, 5.74) is 2.36. The van der Waals surface area contributed by atoms with Gasteiger partial charge in [-0.3, -0.25) is 4.79 Å². The predicted octanol–water partition coefficient (Wildman–Crippen LogP) is 6.20. The zero-order valence-corrected chi connectivity index (χ0v) is 26.8. The molecular formula is C39H26N4O9. The summed E-state index contributed by atoms with van der Waals surface area (Å²) in [6.07, 6.45) is 3.46. The number of rotatable bonds is 9. The molecule has 0 spiro atoms. The number of nitrogens with one attached hydrogen (secondary N) is 1. The number of phenols is 1. The van der Waals surface area contributed by atoms with Crippen molar-refractivity contribution in [2.45, 2.75) is 12.5 Å². The fourth-order valence-corrected chi connectivity index (χ4v) is 5.89. The van der Waals surface area contributed by atoms with E-state index in [1.165, 1.54) is 36.4 Å². The monoisotopic (exact) mass is 694 g/mol. The molecule has 1 amide bonds. The Hall–Kier alpha value is -7.41. The average Bonchev–Trinajstić information content (AvgIpc) is 3.58. The van der Waals surface area contributed by atoms with Gasteiger partial charge in [-0.05, 0) is 106 Å². The molecule has 6 aromatic rings. The second kappa shape index (κ2) is 13.5. The van der Waals surface area contributed by atoms with Crippen LogP contribution >= 0.6 is 0 Å². The molecule has 0 saturated carbocycles. The highest BCUT2D eigenvalue weighted by atomic mass is 16.4. The third kappa shape index (κ3) is 6.48. The maximum Gasteiger partial charge on any atom is 0.335 e. The van der Waals surface area contributed by atoms with Crippen LogP contribution in [0, 0.1) is 4.91 Å². The Bertz CT molecular complexity index is 2590. The number of fused-ring (bicyclic) bond motifs is 2. The number of hydrogen-bond donors (Lipinski definition) is 5. The van der Waals surface area contributed by atoms with Crippen molar-refractivity contribution in [3.8, 4) is 28.7 Å². The first kappa shape index (κ1) is 33.1. The summed E-state index contributed by atoms with van der Waals surface area (Å²) in [7, 11) is 0. The van der Waals surface area contributed by atoms with Crippen LogP contribution in [0.15, 0.2) is 118 Å². The van der Waals surface area contributed by atoms with E-state index in [-0.39, 0.29) is 52.0 Å². The molecule has 1 aliphatic carbocycles. The Morgan fingerprint density at radius 2 is 1.37 bits per heavy atom. The van der Waals surface area contributed by atoms with E-state index in [0.717, 1.165) is 5.22 Å². The second-order valence-corrected chi connectivity index (χ2v) is 11.9. The minimum Gasteiger partial charge on any atom is -0.512 e. The number of nitroso groups, excluding NO2 is 1. The molecule has 7 rings (SSSR count). The number of nitrogens with zero attached hydrogens (tertiary/aromatic N) is 3. The number of allylic oxidation sites excluding steroid dienone is 1. The molecule has 5 N–H and O–H groups in total. The van der Waals surface area contributed by atoms with Crippen molar-refractivity contribution in [1.29, 1.82) is 0 Å². The largest absolute Gasteiger partial charge is 0.512 e. The van der Waals surface area contributed by atoms with Crippen molar-refractivity contribution in [3.63, 3.8) is 0 Å². The molecule has 0 aliphatic heterocycles. The first-order chi connectivity index (χ1) is 25.1. The molecular weight excluding hydrogens is 668 g/mol. The minimum atomic E-state index is -1.11. The van der Waals surface area contributed by atoms with Gasteiger partial charge < -0.3 is 30.2 Å². The molecule has 13 nitrogen and oxygen atoms in total. The Kier molecular flexibility index (Phi) is 8.58. The molecule has 52 heavy (non-hydrogen) atoms. The number of carboxylic acids is 2. The van der Waals surface area contributed by atoms with Crippen molar-refractivity contribution in [1.82, 2.24) is 10.2 Å². The lowest BCUT2D eigenvalue weighted by atomic mass is 9.96. The van der Waals surface area contributed by atoms with Crippen LogP contribution in [-0.4, -0.2) is 48.5 Å². The lowest BCUT2D eigenvalue weighted by Gasteiger charge is -2.13. The van der Waals surface area contributed by atoms with Crippen LogP contribution in [0.4, 0.5) is 5.69 Å². The normalized spacial score (nSPS) is 12.9. The fourth-order valence-electron chi connectivity index (χ4n) is 5.89. The van der Waals surface area contributed by atoms with Gasteiger partial charge in [0, 0.05) is 28.8 Å². The molecule has 1 aliphatic rings. The van der Waals surface area contributed by atoms with Gasteiger partial charge in [0.05, 0.1) is 16.7 Å². The highest BCUT2D eigenvalue weighted by Crippen LogP contribution is 2.33. The molecule has 0 fully saturated rings. The van der Waals surface area contributed by atoms with Gasteiger partial charge in [-0.1, -0.05) is 35.5 Å². The molecule has 0 saturated heterocycles. The van der Waals surface area contributed by atoms with Gasteiger partial charge in [-0.15, -0.1) is 15.1 Å². The summed E-state index contributed by atoms with van der Waals surface area (Å²) in [5, 5.41) is 56.6. The lowest BCUT2D eigenvalue weighted by Crippen LogP contribution is -2.25.